The highest BCUT2D eigenvalue weighted by atomic mass is 19.1. The van der Waals surface area contributed by atoms with E-state index in [1.807, 2.05) is 13.8 Å². The molecule has 18 heavy (non-hydrogen) atoms. The Labute approximate surface area is 105 Å². The van der Waals surface area contributed by atoms with Crippen LogP contribution in [0, 0.1) is 17.6 Å². The molecule has 1 aromatic carbocycles. The standard InChI is InChI=1S/C13H17F2NO2/c1-8(2)5-10(17)7-16-13(18)11-6-9(14)3-4-12(11)15/h3-4,6,8,10,17H,5,7H2,1-2H3,(H,16,18). The summed E-state index contributed by atoms with van der Waals surface area (Å²) < 4.78 is 26.1. The molecule has 0 aliphatic heterocycles. The first-order valence-corrected chi connectivity index (χ1v) is 5.81. The van der Waals surface area contributed by atoms with Crippen molar-refractivity contribution in [2.45, 2.75) is 26.4 Å². The summed E-state index contributed by atoms with van der Waals surface area (Å²) >= 11 is 0. The van der Waals surface area contributed by atoms with Crippen LogP contribution >= 0.6 is 0 Å². The predicted octanol–water partition coefficient (Wildman–Crippen LogP) is 2.10. The van der Waals surface area contributed by atoms with Crippen molar-refractivity contribution in [2.24, 2.45) is 5.92 Å². The van der Waals surface area contributed by atoms with E-state index in [9.17, 15) is 18.7 Å². The number of benzene rings is 1. The summed E-state index contributed by atoms with van der Waals surface area (Å²) in [4.78, 5) is 11.6. The van der Waals surface area contributed by atoms with Gasteiger partial charge in [-0.3, -0.25) is 4.79 Å². The summed E-state index contributed by atoms with van der Waals surface area (Å²) in [5.74, 6) is -1.89. The maximum atomic E-state index is 13.3. The molecule has 0 bridgehead atoms. The number of hydrogen-bond acceptors (Lipinski definition) is 2. The van der Waals surface area contributed by atoms with E-state index in [4.69, 9.17) is 0 Å². The summed E-state index contributed by atoms with van der Waals surface area (Å²) in [6, 6.07) is 2.67. The average molecular weight is 257 g/mol. The van der Waals surface area contributed by atoms with Gasteiger partial charge in [-0.2, -0.15) is 0 Å². The maximum absolute atomic E-state index is 13.3. The van der Waals surface area contributed by atoms with Crippen molar-refractivity contribution in [1.29, 1.82) is 0 Å². The fraction of sp³-hybridized carbons (Fsp3) is 0.462. The molecular weight excluding hydrogens is 240 g/mol. The van der Waals surface area contributed by atoms with Crippen LogP contribution in [0.4, 0.5) is 8.78 Å². The number of aliphatic hydroxyl groups excluding tert-OH is 1. The Bertz CT molecular complexity index is 421. The van der Waals surface area contributed by atoms with Crippen molar-refractivity contribution in [3.05, 3.63) is 35.4 Å². The quantitative estimate of drug-likeness (QED) is 0.848. The molecule has 0 spiro atoms. The molecule has 1 aromatic rings. The first kappa shape index (κ1) is 14.6. The molecule has 3 nitrogen and oxygen atoms in total. The number of nitrogens with one attached hydrogen (secondary N) is 1. The first-order valence-electron chi connectivity index (χ1n) is 5.81. The van der Waals surface area contributed by atoms with E-state index in [2.05, 4.69) is 5.32 Å². The zero-order chi connectivity index (χ0) is 13.7. The minimum absolute atomic E-state index is 0.0208. The van der Waals surface area contributed by atoms with Crippen LogP contribution in [-0.2, 0) is 0 Å². The van der Waals surface area contributed by atoms with Crippen molar-refractivity contribution in [3.63, 3.8) is 0 Å². The topological polar surface area (TPSA) is 49.3 Å². The molecule has 0 radical (unpaired) electrons. The van der Waals surface area contributed by atoms with Crippen molar-refractivity contribution in [2.75, 3.05) is 6.54 Å². The van der Waals surface area contributed by atoms with E-state index >= 15 is 0 Å². The van der Waals surface area contributed by atoms with Gasteiger partial charge in [-0.15, -0.1) is 0 Å². The molecule has 0 aliphatic rings. The minimum atomic E-state index is -0.785. The minimum Gasteiger partial charge on any atom is -0.391 e. The van der Waals surface area contributed by atoms with E-state index in [0.29, 0.717) is 12.3 Å². The van der Waals surface area contributed by atoms with Crippen LogP contribution in [0.5, 0.6) is 0 Å². The summed E-state index contributed by atoms with van der Waals surface area (Å²) in [6.45, 7) is 3.90. The summed E-state index contributed by atoms with van der Waals surface area (Å²) in [7, 11) is 0. The van der Waals surface area contributed by atoms with E-state index in [-0.39, 0.29) is 12.1 Å². The lowest BCUT2D eigenvalue weighted by Gasteiger charge is -2.14. The Hall–Kier alpha value is -1.49. The van der Waals surface area contributed by atoms with Crippen molar-refractivity contribution < 1.29 is 18.7 Å². The third-order valence-electron chi connectivity index (χ3n) is 2.41. The molecule has 0 aromatic heterocycles. The largest absolute Gasteiger partial charge is 0.391 e. The zero-order valence-electron chi connectivity index (χ0n) is 10.4. The number of carbonyl (C=O) groups is 1. The van der Waals surface area contributed by atoms with Crippen LogP contribution in [0.15, 0.2) is 18.2 Å². The van der Waals surface area contributed by atoms with E-state index < -0.39 is 23.6 Å². The molecule has 0 aliphatic carbocycles. The van der Waals surface area contributed by atoms with Crippen LogP contribution in [0.3, 0.4) is 0 Å². The summed E-state index contributed by atoms with van der Waals surface area (Å²) in [5.41, 5.74) is -0.355. The van der Waals surface area contributed by atoms with Gasteiger partial charge in [0.25, 0.3) is 5.91 Å². The van der Waals surface area contributed by atoms with Gasteiger partial charge in [0.1, 0.15) is 11.6 Å². The van der Waals surface area contributed by atoms with Gasteiger partial charge in [0.05, 0.1) is 11.7 Å². The van der Waals surface area contributed by atoms with Gasteiger partial charge in [0.15, 0.2) is 0 Å². The second-order valence-electron chi connectivity index (χ2n) is 4.62. The number of hydrogen-bond donors (Lipinski definition) is 2. The molecule has 5 heteroatoms. The molecule has 1 rings (SSSR count). The van der Waals surface area contributed by atoms with Crippen LogP contribution in [0.25, 0.3) is 0 Å². The van der Waals surface area contributed by atoms with E-state index in [1.54, 1.807) is 0 Å². The van der Waals surface area contributed by atoms with Gasteiger partial charge >= 0.3 is 0 Å². The predicted molar refractivity (Wildman–Crippen MR) is 64.2 cm³/mol. The van der Waals surface area contributed by atoms with Gasteiger partial charge in [0, 0.05) is 6.54 Å². The van der Waals surface area contributed by atoms with Gasteiger partial charge in [-0.25, -0.2) is 8.78 Å². The Morgan fingerprint density at radius 2 is 2.06 bits per heavy atom. The van der Waals surface area contributed by atoms with Crippen molar-refractivity contribution in [1.82, 2.24) is 5.32 Å². The molecule has 0 heterocycles. The third-order valence-corrected chi connectivity index (χ3v) is 2.41. The zero-order valence-corrected chi connectivity index (χ0v) is 10.4. The number of rotatable bonds is 5. The molecular formula is C13H17F2NO2. The molecule has 1 atom stereocenters. The van der Waals surface area contributed by atoms with E-state index in [0.717, 1.165) is 18.2 Å². The molecule has 1 unspecified atom stereocenters. The smallest absolute Gasteiger partial charge is 0.254 e. The molecule has 0 fully saturated rings. The second kappa shape index (κ2) is 6.44. The van der Waals surface area contributed by atoms with E-state index in [1.165, 1.54) is 0 Å². The molecule has 0 saturated carbocycles. The molecule has 100 valence electrons. The van der Waals surface area contributed by atoms with Crippen molar-refractivity contribution in [3.8, 4) is 0 Å². The van der Waals surface area contributed by atoms with Gasteiger partial charge < -0.3 is 10.4 Å². The highest BCUT2D eigenvalue weighted by Crippen LogP contribution is 2.10. The monoisotopic (exact) mass is 257 g/mol. The van der Waals surface area contributed by atoms with Gasteiger partial charge in [-0.05, 0) is 30.5 Å². The Balaban J connectivity index is 2.58. The lowest BCUT2D eigenvalue weighted by molar-refractivity contribution is 0.0896. The molecule has 2 N–H and O–H groups in total. The Morgan fingerprint density at radius 1 is 1.39 bits per heavy atom. The second-order valence-corrected chi connectivity index (χ2v) is 4.62. The molecule has 1 amide bonds. The van der Waals surface area contributed by atoms with Crippen molar-refractivity contribution >= 4 is 5.91 Å². The van der Waals surface area contributed by atoms with Gasteiger partial charge in [-0.1, -0.05) is 13.8 Å². The Kier molecular flexibility index (Phi) is 5.22. The fourth-order valence-electron chi connectivity index (χ4n) is 1.60. The number of amides is 1. The fourth-order valence-corrected chi connectivity index (χ4v) is 1.60. The number of aliphatic hydroxyl groups is 1. The third kappa shape index (κ3) is 4.41. The highest BCUT2D eigenvalue weighted by molar-refractivity contribution is 5.94. The average Bonchev–Trinajstić information content (AvgIpc) is 2.28. The normalized spacial score (nSPS) is 12.6. The van der Waals surface area contributed by atoms with Crippen LogP contribution in [0.1, 0.15) is 30.6 Å². The van der Waals surface area contributed by atoms with Crippen LogP contribution in [0.2, 0.25) is 0 Å². The summed E-state index contributed by atoms with van der Waals surface area (Å²) in [5, 5.41) is 11.9. The SMILES string of the molecule is CC(C)CC(O)CNC(=O)c1cc(F)ccc1F. The Morgan fingerprint density at radius 3 is 2.67 bits per heavy atom. The maximum Gasteiger partial charge on any atom is 0.254 e. The lowest BCUT2D eigenvalue weighted by atomic mass is 10.1. The summed E-state index contributed by atoms with van der Waals surface area (Å²) in [6.07, 6.45) is -0.156. The number of halogens is 2. The first-order chi connectivity index (χ1) is 8.40. The van der Waals surface area contributed by atoms with Gasteiger partial charge in [0.2, 0.25) is 0 Å². The highest BCUT2D eigenvalue weighted by Gasteiger charge is 2.14. The van der Waals surface area contributed by atoms with Crippen LogP contribution < -0.4 is 5.32 Å². The molecule has 0 saturated heterocycles. The number of carbonyl (C=O) groups excluding carboxylic acids is 1. The lowest BCUT2D eigenvalue weighted by Crippen LogP contribution is -2.33. The van der Waals surface area contributed by atoms with Crippen LogP contribution in [-0.4, -0.2) is 23.7 Å².